The highest BCUT2D eigenvalue weighted by Gasteiger charge is 2.26. The fraction of sp³-hybridized carbons (Fsp3) is 0.500. The number of nitrogens with one attached hydrogen (secondary N) is 1. The van der Waals surface area contributed by atoms with Crippen LogP contribution < -0.4 is 5.32 Å². The van der Waals surface area contributed by atoms with Crippen LogP contribution in [-0.4, -0.2) is 40.2 Å². The van der Waals surface area contributed by atoms with Crippen LogP contribution in [0.4, 0.5) is 0 Å². The average molecular weight is 302 g/mol. The van der Waals surface area contributed by atoms with Crippen molar-refractivity contribution in [1.82, 2.24) is 20.0 Å². The number of aromatic nitrogens is 2. The fourth-order valence-corrected chi connectivity index (χ4v) is 2.90. The van der Waals surface area contributed by atoms with Crippen LogP contribution in [0.3, 0.4) is 0 Å². The quantitative estimate of drug-likeness (QED) is 0.916. The minimum atomic E-state index is -0.139. The van der Waals surface area contributed by atoms with Crippen LogP contribution in [-0.2, 0) is 7.05 Å². The Labute approximate surface area is 130 Å². The summed E-state index contributed by atoms with van der Waals surface area (Å²) in [7, 11) is 1.84. The molecule has 6 nitrogen and oxygen atoms in total. The van der Waals surface area contributed by atoms with Crippen molar-refractivity contribution in [2.24, 2.45) is 7.05 Å². The molecule has 0 bridgehead atoms. The highest BCUT2D eigenvalue weighted by atomic mass is 16.3. The highest BCUT2D eigenvalue weighted by molar-refractivity contribution is 5.92. The molecule has 1 N–H and O–H groups in total. The third kappa shape index (κ3) is 3.06. The average Bonchev–Trinajstić information content (AvgIpc) is 3.23. The molecule has 1 aliphatic heterocycles. The normalized spacial score (nSPS) is 16.8. The van der Waals surface area contributed by atoms with E-state index in [0.29, 0.717) is 12.2 Å². The molecule has 1 aliphatic rings. The van der Waals surface area contributed by atoms with Crippen molar-refractivity contribution in [2.75, 3.05) is 19.6 Å². The number of amides is 1. The van der Waals surface area contributed by atoms with Gasteiger partial charge in [0.05, 0.1) is 12.3 Å². The van der Waals surface area contributed by atoms with E-state index < -0.39 is 0 Å². The lowest BCUT2D eigenvalue weighted by molar-refractivity contribution is 0.0928. The van der Waals surface area contributed by atoms with Crippen molar-refractivity contribution in [1.29, 1.82) is 0 Å². The summed E-state index contributed by atoms with van der Waals surface area (Å²) in [4.78, 5) is 14.6. The number of aryl methyl sites for hydroxylation is 2. The monoisotopic (exact) mass is 302 g/mol. The predicted octanol–water partition coefficient (Wildman–Crippen LogP) is 1.89. The van der Waals surface area contributed by atoms with Crippen molar-refractivity contribution in [2.45, 2.75) is 25.8 Å². The van der Waals surface area contributed by atoms with Crippen LogP contribution in [0.15, 0.2) is 28.9 Å². The predicted molar refractivity (Wildman–Crippen MR) is 82.5 cm³/mol. The Kier molecular flexibility index (Phi) is 4.29. The Morgan fingerprint density at radius 3 is 2.82 bits per heavy atom. The van der Waals surface area contributed by atoms with Gasteiger partial charge in [-0.2, -0.15) is 5.10 Å². The summed E-state index contributed by atoms with van der Waals surface area (Å²) in [6, 6.07) is 5.75. The van der Waals surface area contributed by atoms with Crippen LogP contribution in [0, 0.1) is 6.92 Å². The van der Waals surface area contributed by atoms with Crippen LogP contribution in [0.5, 0.6) is 0 Å². The number of hydrogen-bond donors (Lipinski definition) is 1. The van der Waals surface area contributed by atoms with Crippen LogP contribution in [0.25, 0.3) is 0 Å². The van der Waals surface area contributed by atoms with Gasteiger partial charge in [-0.1, -0.05) is 0 Å². The van der Waals surface area contributed by atoms with Crippen molar-refractivity contribution < 1.29 is 9.21 Å². The van der Waals surface area contributed by atoms with Crippen molar-refractivity contribution in [3.8, 4) is 0 Å². The number of nitrogens with zero attached hydrogens (tertiary/aromatic N) is 3. The molecule has 1 saturated heterocycles. The molecule has 1 amide bonds. The minimum absolute atomic E-state index is 0.0891. The molecule has 0 saturated carbocycles. The van der Waals surface area contributed by atoms with Gasteiger partial charge in [-0.05, 0) is 51.1 Å². The molecule has 3 heterocycles. The number of rotatable bonds is 5. The molecule has 0 spiro atoms. The molecule has 0 aromatic carbocycles. The number of carbonyl (C=O) groups excluding carboxylic acids is 1. The number of furan rings is 1. The van der Waals surface area contributed by atoms with Gasteiger partial charge in [0.1, 0.15) is 11.5 Å². The Morgan fingerprint density at radius 1 is 1.45 bits per heavy atom. The molecule has 0 radical (unpaired) electrons. The van der Waals surface area contributed by atoms with E-state index in [0.717, 1.165) is 24.5 Å². The summed E-state index contributed by atoms with van der Waals surface area (Å²) in [5, 5.41) is 7.20. The number of carbonyl (C=O) groups is 1. The van der Waals surface area contributed by atoms with Gasteiger partial charge in [-0.25, -0.2) is 0 Å². The van der Waals surface area contributed by atoms with E-state index in [1.807, 2.05) is 26.1 Å². The van der Waals surface area contributed by atoms with Gasteiger partial charge in [0, 0.05) is 19.3 Å². The fourth-order valence-electron chi connectivity index (χ4n) is 2.90. The molecule has 2 aromatic rings. The van der Waals surface area contributed by atoms with Crippen LogP contribution in [0.1, 0.15) is 40.8 Å². The molecule has 3 rings (SSSR count). The van der Waals surface area contributed by atoms with E-state index in [1.165, 1.54) is 12.8 Å². The molecule has 118 valence electrons. The third-order valence-electron chi connectivity index (χ3n) is 4.26. The summed E-state index contributed by atoms with van der Waals surface area (Å²) in [5.74, 6) is 0.763. The number of likely N-dealkylation sites (tertiary alicyclic amines) is 1. The largest absolute Gasteiger partial charge is 0.468 e. The molecule has 1 fully saturated rings. The molecule has 1 unspecified atom stereocenters. The first-order chi connectivity index (χ1) is 10.6. The summed E-state index contributed by atoms with van der Waals surface area (Å²) < 4.78 is 7.26. The minimum Gasteiger partial charge on any atom is -0.468 e. The maximum Gasteiger partial charge on any atom is 0.271 e. The second kappa shape index (κ2) is 6.36. The molecular formula is C16H22N4O2. The second-order valence-corrected chi connectivity index (χ2v) is 5.78. The maximum absolute atomic E-state index is 12.3. The zero-order valence-corrected chi connectivity index (χ0v) is 13.1. The van der Waals surface area contributed by atoms with Gasteiger partial charge in [0.2, 0.25) is 0 Å². The van der Waals surface area contributed by atoms with Gasteiger partial charge in [-0.15, -0.1) is 0 Å². The zero-order chi connectivity index (χ0) is 15.5. The van der Waals surface area contributed by atoms with Gasteiger partial charge < -0.3 is 9.73 Å². The SMILES string of the molecule is Cc1cc(C(=O)NCC(c2ccco2)N2CCCC2)nn1C. The number of hydrogen-bond acceptors (Lipinski definition) is 4. The van der Waals surface area contributed by atoms with E-state index in [4.69, 9.17) is 4.42 Å². The van der Waals surface area contributed by atoms with E-state index in [2.05, 4.69) is 15.3 Å². The van der Waals surface area contributed by atoms with E-state index >= 15 is 0 Å². The molecular weight excluding hydrogens is 280 g/mol. The van der Waals surface area contributed by atoms with Crippen molar-refractivity contribution >= 4 is 5.91 Å². The van der Waals surface area contributed by atoms with Gasteiger partial charge >= 0.3 is 0 Å². The molecule has 0 aliphatic carbocycles. The Morgan fingerprint density at radius 2 is 2.23 bits per heavy atom. The molecule has 2 aromatic heterocycles. The lowest BCUT2D eigenvalue weighted by atomic mass is 10.2. The highest BCUT2D eigenvalue weighted by Crippen LogP contribution is 2.24. The first kappa shape index (κ1) is 14.8. The third-order valence-corrected chi connectivity index (χ3v) is 4.26. The summed E-state index contributed by atoms with van der Waals surface area (Å²) in [6.45, 7) is 4.55. The van der Waals surface area contributed by atoms with Crippen LogP contribution >= 0.6 is 0 Å². The lowest BCUT2D eigenvalue weighted by Gasteiger charge is -2.25. The first-order valence-corrected chi connectivity index (χ1v) is 7.71. The van der Waals surface area contributed by atoms with E-state index in [-0.39, 0.29) is 11.9 Å². The lowest BCUT2D eigenvalue weighted by Crippen LogP contribution is -2.36. The molecule has 6 heteroatoms. The molecule has 22 heavy (non-hydrogen) atoms. The topological polar surface area (TPSA) is 63.3 Å². The van der Waals surface area contributed by atoms with E-state index in [9.17, 15) is 4.79 Å². The Hall–Kier alpha value is -2.08. The first-order valence-electron chi connectivity index (χ1n) is 7.71. The van der Waals surface area contributed by atoms with Crippen molar-refractivity contribution in [3.63, 3.8) is 0 Å². The zero-order valence-electron chi connectivity index (χ0n) is 13.1. The van der Waals surface area contributed by atoms with Crippen molar-refractivity contribution in [3.05, 3.63) is 41.6 Å². The maximum atomic E-state index is 12.3. The van der Waals surface area contributed by atoms with Crippen LogP contribution in [0.2, 0.25) is 0 Å². The Balaban J connectivity index is 1.67. The summed E-state index contributed by atoms with van der Waals surface area (Å²) in [6.07, 6.45) is 4.08. The standard InChI is InChI=1S/C16H22N4O2/c1-12-10-13(18-19(12)2)16(21)17-11-14(15-6-5-9-22-15)20-7-3-4-8-20/h5-6,9-10,14H,3-4,7-8,11H2,1-2H3,(H,17,21). The van der Waals surface area contributed by atoms with E-state index in [1.54, 1.807) is 17.0 Å². The van der Waals surface area contributed by atoms with Gasteiger partial charge in [0.25, 0.3) is 5.91 Å². The summed E-state index contributed by atoms with van der Waals surface area (Å²) >= 11 is 0. The smallest absolute Gasteiger partial charge is 0.271 e. The van der Waals surface area contributed by atoms with Gasteiger partial charge in [-0.3, -0.25) is 14.4 Å². The molecule has 1 atom stereocenters. The van der Waals surface area contributed by atoms with Gasteiger partial charge in [0.15, 0.2) is 0 Å². The summed E-state index contributed by atoms with van der Waals surface area (Å²) in [5.41, 5.74) is 1.42. The Bertz CT molecular complexity index is 607. The second-order valence-electron chi connectivity index (χ2n) is 5.78.